The highest BCUT2D eigenvalue weighted by atomic mass is 32.1. The third-order valence-electron chi connectivity index (χ3n) is 5.40. The zero-order valence-electron chi connectivity index (χ0n) is 16.9. The molecule has 2 heterocycles. The molecule has 152 valence electrons. The van der Waals surface area contributed by atoms with Gasteiger partial charge in [0, 0.05) is 29.5 Å². The first-order valence-corrected chi connectivity index (χ1v) is 10.0. The molecule has 1 atom stereocenters. The predicted molar refractivity (Wildman–Crippen MR) is 123 cm³/mol. The number of pyridine rings is 1. The molecule has 6 nitrogen and oxygen atoms in total. The molecule has 0 spiro atoms. The Morgan fingerprint density at radius 2 is 1.80 bits per heavy atom. The van der Waals surface area contributed by atoms with Gasteiger partial charge in [-0.05, 0) is 55.7 Å². The van der Waals surface area contributed by atoms with Crippen molar-refractivity contribution in [1.82, 2.24) is 15.2 Å². The predicted octanol–water partition coefficient (Wildman–Crippen LogP) is 3.61. The molecule has 30 heavy (non-hydrogen) atoms. The maximum absolute atomic E-state index is 13.3. The van der Waals surface area contributed by atoms with Gasteiger partial charge in [-0.2, -0.15) is 0 Å². The molecule has 0 saturated carbocycles. The second-order valence-electron chi connectivity index (χ2n) is 7.40. The minimum absolute atomic E-state index is 0.257. The number of allylic oxidation sites excluding steroid dienone is 1. The molecular weight excluding hydrogens is 396 g/mol. The van der Waals surface area contributed by atoms with Gasteiger partial charge in [-0.25, -0.2) is 0 Å². The van der Waals surface area contributed by atoms with Gasteiger partial charge in [-0.3, -0.25) is 9.59 Å². The monoisotopic (exact) mass is 418 g/mol. The number of benzene rings is 2. The normalized spacial score (nSPS) is 16.6. The average Bonchev–Trinajstić information content (AvgIpc) is 2.73. The smallest absolute Gasteiger partial charge is 0.255 e. The number of nitrogens with one attached hydrogen (secondary N) is 3. The summed E-state index contributed by atoms with van der Waals surface area (Å²) >= 11 is 5.44. The molecule has 1 aliphatic heterocycles. The summed E-state index contributed by atoms with van der Waals surface area (Å²) in [6.07, 6.45) is 0. The molecule has 4 rings (SSSR count). The van der Waals surface area contributed by atoms with Crippen LogP contribution in [0.25, 0.3) is 10.9 Å². The molecule has 0 aliphatic carbocycles. The second kappa shape index (κ2) is 7.76. The number of carbonyl (C=O) groups is 1. The van der Waals surface area contributed by atoms with Crippen LogP contribution in [0.15, 0.2) is 70.7 Å². The third-order valence-corrected chi connectivity index (χ3v) is 5.79. The highest BCUT2D eigenvalue weighted by molar-refractivity contribution is 7.80. The van der Waals surface area contributed by atoms with E-state index in [4.69, 9.17) is 12.2 Å². The number of aryl methyl sites for hydroxylation is 1. The number of nitrogens with zero attached hydrogens (tertiary/aromatic N) is 1. The molecule has 1 aromatic heterocycles. The number of hydrogen-bond acceptors (Lipinski definition) is 3. The van der Waals surface area contributed by atoms with Gasteiger partial charge in [-0.1, -0.05) is 35.9 Å². The first-order valence-electron chi connectivity index (χ1n) is 9.60. The Bertz CT molecular complexity index is 1240. The molecule has 3 N–H and O–H groups in total. The SMILES string of the molecule is CC1=C(C(=O)Nc2ccc(C)cc2)[C@H](c2cc3ccccc3[nH]c2=O)NC(=S)N1C. The van der Waals surface area contributed by atoms with E-state index in [0.717, 1.165) is 16.5 Å². The summed E-state index contributed by atoms with van der Waals surface area (Å²) in [5, 5.41) is 7.44. The van der Waals surface area contributed by atoms with Crippen molar-refractivity contribution in [2.24, 2.45) is 0 Å². The fourth-order valence-corrected chi connectivity index (χ4v) is 3.83. The summed E-state index contributed by atoms with van der Waals surface area (Å²) < 4.78 is 0. The van der Waals surface area contributed by atoms with Crippen LogP contribution in [0.3, 0.4) is 0 Å². The third kappa shape index (κ3) is 3.59. The fraction of sp³-hybridized carbons (Fsp3) is 0.174. The maximum atomic E-state index is 13.3. The molecule has 0 unspecified atom stereocenters. The summed E-state index contributed by atoms with van der Waals surface area (Å²) in [5.74, 6) is -0.282. The van der Waals surface area contributed by atoms with E-state index in [1.807, 2.05) is 68.4 Å². The van der Waals surface area contributed by atoms with Gasteiger partial charge in [0.15, 0.2) is 5.11 Å². The van der Waals surface area contributed by atoms with Gasteiger partial charge >= 0.3 is 0 Å². The van der Waals surface area contributed by atoms with Crippen LogP contribution in [0, 0.1) is 6.92 Å². The van der Waals surface area contributed by atoms with Gasteiger partial charge < -0.3 is 20.5 Å². The van der Waals surface area contributed by atoms with Crippen LogP contribution >= 0.6 is 12.2 Å². The van der Waals surface area contributed by atoms with Crippen LogP contribution in [0.2, 0.25) is 0 Å². The first kappa shape index (κ1) is 19.8. The maximum Gasteiger partial charge on any atom is 0.255 e. The standard InChI is InChI=1S/C23H22N4O2S/c1-13-8-10-16(11-9-13)24-22(29)19-14(2)27(3)23(30)26-20(19)17-12-15-6-4-5-7-18(15)25-21(17)28/h4-12,20H,1-3H3,(H,24,29)(H,25,28)(H,26,30)/t20-/m0/s1. The van der Waals surface area contributed by atoms with Crippen molar-refractivity contribution in [3.63, 3.8) is 0 Å². The van der Waals surface area contributed by atoms with Crippen molar-refractivity contribution in [3.8, 4) is 0 Å². The molecule has 1 aliphatic rings. The number of amides is 1. The summed E-state index contributed by atoms with van der Waals surface area (Å²) in [5.41, 5.74) is 3.87. The molecule has 7 heteroatoms. The van der Waals surface area contributed by atoms with Crippen molar-refractivity contribution in [2.45, 2.75) is 19.9 Å². The van der Waals surface area contributed by atoms with E-state index in [-0.39, 0.29) is 11.5 Å². The topological polar surface area (TPSA) is 77.2 Å². The lowest BCUT2D eigenvalue weighted by Gasteiger charge is -2.35. The van der Waals surface area contributed by atoms with Crippen LogP contribution in [-0.2, 0) is 4.79 Å². The van der Waals surface area contributed by atoms with Gasteiger partial charge in [0.2, 0.25) is 0 Å². The van der Waals surface area contributed by atoms with Crippen molar-refractivity contribution in [1.29, 1.82) is 0 Å². The number of hydrogen-bond donors (Lipinski definition) is 3. The van der Waals surface area contributed by atoms with Crippen molar-refractivity contribution in [3.05, 3.63) is 87.3 Å². The molecule has 0 radical (unpaired) electrons. The van der Waals surface area contributed by atoms with Crippen LogP contribution in [0.4, 0.5) is 5.69 Å². The molecule has 2 aromatic carbocycles. The summed E-state index contributed by atoms with van der Waals surface area (Å²) in [4.78, 5) is 30.8. The molecule has 0 bridgehead atoms. The van der Waals surface area contributed by atoms with Crippen LogP contribution < -0.4 is 16.2 Å². The van der Waals surface area contributed by atoms with Crippen LogP contribution in [0.1, 0.15) is 24.1 Å². The van der Waals surface area contributed by atoms with E-state index in [1.54, 1.807) is 11.9 Å². The van der Waals surface area contributed by atoms with Gasteiger partial charge in [0.05, 0.1) is 11.6 Å². The molecular formula is C23H22N4O2S. The molecule has 1 amide bonds. The highest BCUT2D eigenvalue weighted by Gasteiger charge is 2.34. The van der Waals surface area contributed by atoms with Crippen LogP contribution in [-0.4, -0.2) is 28.0 Å². The molecule has 0 saturated heterocycles. The largest absolute Gasteiger partial charge is 0.351 e. The van der Waals surface area contributed by atoms with Crippen molar-refractivity contribution >= 4 is 39.8 Å². The Labute approximate surface area is 179 Å². The van der Waals surface area contributed by atoms with Crippen molar-refractivity contribution in [2.75, 3.05) is 12.4 Å². The van der Waals surface area contributed by atoms with Crippen molar-refractivity contribution < 1.29 is 4.79 Å². The number of fused-ring (bicyclic) bond motifs is 1. The average molecular weight is 419 g/mol. The van der Waals surface area contributed by atoms with E-state index in [1.165, 1.54) is 0 Å². The lowest BCUT2D eigenvalue weighted by atomic mass is 9.94. The highest BCUT2D eigenvalue weighted by Crippen LogP contribution is 2.30. The Morgan fingerprint density at radius 3 is 2.53 bits per heavy atom. The van der Waals surface area contributed by atoms with Gasteiger partial charge in [0.1, 0.15) is 0 Å². The Morgan fingerprint density at radius 1 is 1.10 bits per heavy atom. The van der Waals surface area contributed by atoms with E-state index < -0.39 is 6.04 Å². The summed E-state index contributed by atoms with van der Waals surface area (Å²) in [6, 6.07) is 16.3. The quantitative estimate of drug-likeness (QED) is 0.567. The van der Waals surface area contributed by atoms with E-state index >= 15 is 0 Å². The lowest BCUT2D eigenvalue weighted by Crippen LogP contribution is -2.47. The van der Waals surface area contributed by atoms with Crippen LogP contribution in [0.5, 0.6) is 0 Å². The first-order chi connectivity index (χ1) is 14.3. The summed E-state index contributed by atoms with van der Waals surface area (Å²) in [7, 11) is 1.80. The summed E-state index contributed by atoms with van der Waals surface area (Å²) in [6.45, 7) is 3.82. The number of thiocarbonyl (C=S) groups is 1. The minimum Gasteiger partial charge on any atom is -0.351 e. The Balaban J connectivity index is 1.80. The molecule has 0 fully saturated rings. The zero-order valence-corrected chi connectivity index (χ0v) is 17.8. The lowest BCUT2D eigenvalue weighted by molar-refractivity contribution is -0.113. The molecule has 3 aromatic rings. The zero-order chi connectivity index (χ0) is 21.4. The number of carbonyl (C=O) groups excluding carboxylic acids is 1. The fourth-order valence-electron chi connectivity index (χ4n) is 3.58. The minimum atomic E-state index is -0.660. The number of aromatic nitrogens is 1. The Hall–Kier alpha value is -3.45. The number of para-hydroxylation sites is 1. The Kier molecular flexibility index (Phi) is 5.13. The number of anilines is 1. The van der Waals surface area contributed by atoms with Gasteiger partial charge in [0.25, 0.3) is 11.5 Å². The second-order valence-corrected chi connectivity index (χ2v) is 7.79. The van der Waals surface area contributed by atoms with Gasteiger partial charge in [-0.15, -0.1) is 0 Å². The number of rotatable bonds is 3. The van der Waals surface area contributed by atoms with E-state index in [2.05, 4.69) is 15.6 Å². The number of H-pyrrole nitrogens is 1. The van der Waals surface area contributed by atoms with E-state index in [0.29, 0.717) is 27.6 Å². The number of aromatic amines is 1. The van der Waals surface area contributed by atoms with E-state index in [9.17, 15) is 9.59 Å².